The third-order valence-corrected chi connectivity index (χ3v) is 7.46. The van der Waals surface area contributed by atoms with Crippen LogP contribution in [0.4, 0.5) is 0 Å². The molecule has 0 N–H and O–H groups in total. The topological polar surface area (TPSA) is 28.0 Å². The maximum atomic E-state index is 4.96. The van der Waals surface area contributed by atoms with Crippen LogP contribution < -0.4 is 0 Å². The zero-order chi connectivity index (χ0) is 20.0. The molecule has 3 aromatic rings. The first-order valence-corrected chi connectivity index (χ1v) is 11.4. The van der Waals surface area contributed by atoms with E-state index in [1.807, 2.05) is 11.3 Å². The molecular formula is C25H27N3S. The number of benzene rings is 2. The molecule has 148 valence electrons. The summed E-state index contributed by atoms with van der Waals surface area (Å²) < 4.78 is 0. The van der Waals surface area contributed by atoms with Gasteiger partial charge in [-0.25, -0.2) is 4.99 Å². The van der Waals surface area contributed by atoms with Gasteiger partial charge in [-0.15, -0.1) is 11.3 Å². The lowest BCUT2D eigenvalue weighted by atomic mass is 9.96. The Morgan fingerprint density at radius 1 is 1.10 bits per heavy atom. The van der Waals surface area contributed by atoms with Crippen LogP contribution in [-0.4, -0.2) is 36.1 Å². The van der Waals surface area contributed by atoms with Crippen molar-refractivity contribution in [1.29, 1.82) is 0 Å². The van der Waals surface area contributed by atoms with Crippen LogP contribution in [0, 0.1) is 12.8 Å². The maximum Gasteiger partial charge on any atom is 0.155 e. The Kier molecular flexibility index (Phi) is 4.84. The van der Waals surface area contributed by atoms with Gasteiger partial charge in [0.1, 0.15) is 0 Å². The van der Waals surface area contributed by atoms with E-state index in [4.69, 9.17) is 9.98 Å². The van der Waals surface area contributed by atoms with Crippen molar-refractivity contribution < 1.29 is 0 Å². The molecule has 3 nitrogen and oxygen atoms in total. The number of amidine groups is 1. The molecule has 0 amide bonds. The highest BCUT2D eigenvalue weighted by Crippen LogP contribution is 2.29. The third kappa shape index (κ3) is 3.45. The van der Waals surface area contributed by atoms with E-state index in [0.29, 0.717) is 6.54 Å². The second-order valence-electron chi connectivity index (χ2n) is 8.39. The average molecular weight is 402 g/mol. The van der Waals surface area contributed by atoms with Crippen LogP contribution in [0.2, 0.25) is 0 Å². The summed E-state index contributed by atoms with van der Waals surface area (Å²) in [6.07, 6.45) is 1.08. The number of rotatable bonds is 5. The standard InChI is InChI=1S/C25H27N3S/c1-4-23-17(3)11-24(29-23)22-12-26-25(27-22)21-10-9-18(15-28-13-16(2)14-28)19-7-5-6-8-20(19)21/h5-11,16H,4,12-15H2,1-3H3. The van der Waals surface area contributed by atoms with E-state index in [0.717, 1.165) is 36.0 Å². The van der Waals surface area contributed by atoms with Crippen LogP contribution in [0.3, 0.4) is 0 Å². The minimum atomic E-state index is 0.681. The largest absolute Gasteiger partial charge is 0.298 e. The SMILES string of the molecule is CCc1sc(C2=NC(c3ccc(CN4CC(C)C4)c4ccccc34)=NC2)cc1C. The summed E-state index contributed by atoms with van der Waals surface area (Å²) >= 11 is 1.87. The van der Waals surface area contributed by atoms with Crippen LogP contribution in [0.15, 0.2) is 52.4 Å². The van der Waals surface area contributed by atoms with Gasteiger partial charge in [0.05, 0.1) is 17.1 Å². The Morgan fingerprint density at radius 3 is 2.62 bits per heavy atom. The van der Waals surface area contributed by atoms with E-state index >= 15 is 0 Å². The zero-order valence-corrected chi connectivity index (χ0v) is 18.2. The van der Waals surface area contributed by atoms with Gasteiger partial charge in [0.15, 0.2) is 5.84 Å². The van der Waals surface area contributed by atoms with Crippen molar-refractivity contribution in [3.8, 4) is 0 Å². The molecule has 2 aromatic carbocycles. The first kappa shape index (κ1) is 18.7. The zero-order valence-electron chi connectivity index (χ0n) is 17.4. The molecule has 3 heterocycles. The van der Waals surface area contributed by atoms with E-state index in [2.05, 4.69) is 68.1 Å². The fourth-order valence-electron chi connectivity index (χ4n) is 4.53. The molecule has 1 fully saturated rings. The van der Waals surface area contributed by atoms with Crippen molar-refractivity contribution in [2.24, 2.45) is 15.9 Å². The van der Waals surface area contributed by atoms with E-state index in [-0.39, 0.29) is 0 Å². The fraction of sp³-hybridized carbons (Fsp3) is 0.360. The third-order valence-electron chi connectivity index (χ3n) is 6.03. The summed E-state index contributed by atoms with van der Waals surface area (Å²) in [5, 5.41) is 2.59. The lowest BCUT2D eigenvalue weighted by Crippen LogP contribution is -2.44. The molecule has 0 unspecified atom stereocenters. The van der Waals surface area contributed by atoms with E-state index in [9.17, 15) is 0 Å². The van der Waals surface area contributed by atoms with Gasteiger partial charge in [0.2, 0.25) is 0 Å². The Balaban J connectivity index is 1.48. The van der Waals surface area contributed by atoms with Crippen LogP contribution in [0.25, 0.3) is 10.8 Å². The average Bonchev–Trinajstić information content (AvgIpc) is 3.33. The fourth-order valence-corrected chi connectivity index (χ4v) is 5.63. The predicted octanol–water partition coefficient (Wildman–Crippen LogP) is 5.47. The summed E-state index contributed by atoms with van der Waals surface area (Å²) in [6, 6.07) is 15.5. The molecule has 5 rings (SSSR count). The van der Waals surface area contributed by atoms with Gasteiger partial charge in [0.25, 0.3) is 0 Å². The van der Waals surface area contributed by atoms with Gasteiger partial charge in [-0.05, 0) is 47.2 Å². The molecule has 0 bridgehead atoms. The Labute approximate surface area is 176 Å². The summed E-state index contributed by atoms with van der Waals surface area (Å²) in [7, 11) is 0. The summed E-state index contributed by atoms with van der Waals surface area (Å²) in [6.45, 7) is 10.9. The second kappa shape index (κ2) is 7.51. The second-order valence-corrected chi connectivity index (χ2v) is 9.52. The number of hydrogen-bond acceptors (Lipinski definition) is 4. The Morgan fingerprint density at radius 2 is 1.90 bits per heavy atom. The van der Waals surface area contributed by atoms with E-state index in [1.165, 1.54) is 44.7 Å². The van der Waals surface area contributed by atoms with Gasteiger partial charge >= 0.3 is 0 Å². The Hall–Kier alpha value is -2.30. The monoisotopic (exact) mass is 401 g/mol. The van der Waals surface area contributed by atoms with Crippen molar-refractivity contribution in [3.05, 3.63) is 68.9 Å². The number of thiophene rings is 1. The minimum absolute atomic E-state index is 0.681. The van der Waals surface area contributed by atoms with Gasteiger partial charge in [-0.2, -0.15) is 0 Å². The van der Waals surface area contributed by atoms with Crippen molar-refractivity contribution in [3.63, 3.8) is 0 Å². The molecule has 0 saturated carbocycles. The van der Waals surface area contributed by atoms with Gasteiger partial charge in [-0.1, -0.05) is 50.2 Å². The number of nitrogens with zero attached hydrogens (tertiary/aromatic N) is 3. The van der Waals surface area contributed by atoms with Crippen molar-refractivity contribution in [1.82, 2.24) is 4.90 Å². The van der Waals surface area contributed by atoms with Crippen LogP contribution >= 0.6 is 11.3 Å². The predicted molar refractivity (Wildman–Crippen MR) is 125 cm³/mol. The molecule has 0 spiro atoms. The van der Waals surface area contributed by atoms with Crippen molar-refractivity contribution in [2.75, 3.05) is 19.6 Å². The molecule has 2 aliphatic rings. The summed E-state index contributed by atoms with van der Waals surface area (Å²) in [5.41, 5.74) is 5.04. The van der Waals surface area contributed by atoms with Crippen LogP contribution in [0.1, 0.15) is 40.3 Å². The lowest BCUT2D eigenvalue weighted by Gasteiger charge is -2.37. The highest BCUT2D eigenvalue weighted by molar-refractivity contribution is 7.14. The highest BCUT2D eigenvalue weighted by atomic mass is 32.1. The van der Waals surface area contributed by atoms with Gasteiger partial charge in [-0.3, -0.25) is 9.89 Å². The molecule has 4 heteroatoms. The normalized spacial score (nSPS) is 17.5. The van der Waals surface area contributed by atoms with Crippen molar-refractivity contribution >= 4 is 33.7 Å². The first-order valence-electron chi connectivity index (χ1n) is 10.6. The van der Waals surface area contributed by atoms with Gasteiger partial charge < -0.3 is 0 Å². The molecule has 2 aliphatic heterocycles. The minimum Gasteiger partial charge on any atom is -0.298 e. The molecular weight excluding hydrogens is 374 g/mol. The first-order chi connectivity index (χ1) is 14.1. The molecule has 0 atom stereocenters. The molecule has 0 aliphatic carbocycles. The highest BCUT2D eigenvalue weighted by Gasteiger charge is 2.23. The maximum absolute atomic E-state index is 4.96. The van der Waals surface area contributed by atoms with E-state index < -0.39 is 0 Å². The molecule has 1 aromatic heterocycles. The molecule has 1 saturated heterocycles. The lowest BCUT2D eigenvalue weighted by molar-refractivity contribution is 0.105. The van der Waals surface area contributed by atoms with E-state index in [1.54, 1.807) is 0 Å². The Bertz CT molecular complexity index is 1130. The molecule has 29 heavy (non-hydrogen) atoms. The van der Waals surface area contributed by atoms with Crippen LogP contribution in [0.5, 0.6) is 0 Å². The number of aliphatic imine (C=N–C) groups is 2. The number of aryl methyl sites for hydroxylation is 2. The van der Waals surface area contributed by atoms with Gasteiger partial charge in [0, 0.05) is 30.1 Å². The number of fused-ring (bicyclic) bond motifs is 1. The smallest absolute Gasteiger partial charge is 0.155 e. The quantitative estimate of drug-likeness (QED) is 0.557. The summed E-state index contributed by atoms with van der Waals surface area (Å²) in [4.78, 5) is 15.0. The molecule has 0 radical (unpaired) electrons. The van der Waals surface area contributed by atoms with Crippen molar-refractivity contribution in [2.45, 2.75) is 33.7 Å². The van der Waals surface area contributed by atoms with Crippen LogP contribution in [-0.2, 0) is 13.0 Å². The number of likely N-dealkylation sites (tertiary alicyclic amines) is 1. The summed E-state index contributed by atoms with van der Waals surface area (Å²) in [5.74, 6) is 1.71. The number of hydrogen-bond donors (Lipinski definition) is 0.